The van der Waals surface area contributed by atoms with Gasteiger partial charge in [0.25, 0.3) is 0 Å². The van der Waals surface area contributed by atoms with Crippen LogP contribution in [0.1, 0.15) is 37.7 Å². The third kappa shape index (κ3) is 3.95. The van der Waals surface area contributed by atoms with Gasteiger partial charge in [-0.05, 0) is 18.4 Å². The van der Waals surface area contributed by atoms with Gasteiger partial charge in [0.15, 0.2) is 0 Å². The number of piperazine rings is 1. The van der Waals surface area contributed by atoms with Crippen molar-refractivity contribution in [3.63, 3.8) is 0 Å². The van der Waals surface area contributed by atoms with E-state index < -0.39 is 5.60 Å². The largest absolute Gasteiger partial charge is 0.389 e. The van der Waals surface area contributed by atoms with Gasteiger partial charge in [-0.1, -0.05) is 43.2 Å². The predicted molar refractivity (Wildman–Crippen MR) is 90.9 cm³/mol. The van der Waals surface area contributed by atoms with Crippen LogP contribution in [-0.4, -0.2) is 52.1 Å². The maximum Gasteiger partial charge on any atom is 0.225 e. The molecular formula is C19H25N3O2. The van der Waals surface area contributed by atoms with Crippen molar-refractivity contribution in [2.45, 2.75) is 50.3 Å². The molecule has 24 heavy (non-hydrogen) atoms. The highest BCUT2D eigenvalue weighted by molar-refractivity contribution is 5.77. The maximum absolute atomic E-state index is 12.5. The third-order valence-corrected chi connectivity index (χ3v) is 5.24. The van der Waals surface area contributed by atoms with Crippen LogP contribution in [0.15, 0.2) is 30.3 Å². The molecule has 1 amide bonds. The molecule has 5 nitrogen and oxygen atoms in total. The molecule has 3 rings (SSSR count). The van der Waals surface area contributed by atoms with Crippen LogP contribution < -0.4 is 0 Å². The lowest BCUT2D eigenvalue weighted by Gasteiger charge is -2.39. The van der Waals surface area contributed by atoms with Crippen LogP contribution in [0.2, 0.25) is 0 Å². The summed E-state index contributed by atoms with van der Waals surface area (Å²) in [5, 5.41) is 19.9. The normalized spacial score (nSPS) is 23.8. The van der Waals surface area contributed by atoms with E-state index in [0.29, 0.717) is 32.5 Å². The fourth-order valence-corrected chi connectivity index (χ4v) is 3.78. The monoisotopic (exact) mass is 327 g/mol. The van der Waals surface area contributed by atoms with E-state index in [4.69, 9.17) is 0 Å². The van der Waals surface area contributed by atoms with Gasteiger partial charge in [-0.3, -0.25) is 9.69 Å². The van der Waals surface area contributed by atoms with Crippen LogP contribution in [0, 0.1) is 11.3 Å². The van der Waals surface area contributed by atoms with Crippen molar-refractivity contribution in [2.75, 3.05) is 19.6 Å². The van der Waals surface area contributed by atoms with Gasteiger partial charge in [0.05, 0.1) is 18.1 Å². The van der Waals surface area contributed by atoms with Crippen LogP contribution >= 0.6 is 0 Å². The summed E-state index contributed by atoms with van der Waals surface area (Å²) >= 11 is 0. The van der Waals surface area contributed by atoms with Crippen molar-refractivity contribution < 1.29 is 9.90 Å². The summed E-state index contributed by atoms with van der Waals surface area (Å²) in [5.74, 6) is -0.0148. The molecule has 1 heterocycles. The van der Waals surface area contributed by atoms with E-state index >= 15 is 0 Å². The number of hydrogen-bond acceptors (Lipinski definition) is 4. The Morgan fingerprint density at radius 3 is 2.62 bits per heavy atom. The zero-order valence-electron chi connectivity index (χ0n) is 14.0. The summed E-state index contributed by atoms with van der Waals surface area (Å²) in [7, 11) is 0. The predicted octanol–water partition coefficient (Wildman–Crippen LogP) is 1.92. The molecule has 5 heteroatoms. The molecule has 1 atom stereocenters. The van der Waals surface area contributed by atoms with Crippen molar-refractivity contribution in [3.05, 3.63) is 35.9 Å². The number of aliphatic hydroxyl groups is 1. The molecule has 1 N–H and O–H groups in total. The van der Waals surface area contributed by atoms with E-state index in [1.165, 1.54) is 5.56 Å². The summed E-state index contributed by atoms with van der Waals surface area (Å²) in [4.78, 5) is 16.4. The first-order chi connectivity index (χ1) is 11.6. The Kier molecular flexibility index (Phi) is 5.17. The number of carbonyl (C=O) groups is 1. The van der Waals surface area contributed by atoms with E-state index in [-0.39, 0.29) is 18.4 Å². The topological polar surface area (TPSA) is 67.6 Å². The van der Waals surface area contributed by atoms with Crippen LogP contribution in [-0.2, 0) is 11.3 Å². The van der Waals surface area contributed by atoms with Crippen LogP contribution in [0.5, 0.6) is 0 Å². The molecule has 128 valence electrons. The fraction of sp³-hybridized carbons (Fsp3) is 0.579. The molecule has 0 bridgehead atoms. The minimum Gasteiger partial charge on any atom is -0.389 e. The highest BCUT2D eigenvalue weighted by Gasteiger charge is 2.37. The highest BCUT2D eigenvalue weighted by Crippen LogP contribution is 2.33. The summed E-state index contributed by atoms with van der Waals surface area (Å²) < 4.78 is 0. The van der Waals surface area contributed by atoms with Crippen LogP contribution in [0.25, 0.3) is 0 Å². The minimum absolute atomic E-state index is 0.0148. The SMILES string of the molecule is N#CC1CN(C(=O)CC2(O)CCCC2)CCN1Cc1ccccc1. The molecule has 1 unspecified atom stereocenters. The number of nitrogens with zero attached hydrogens (tertiary/aromatic N) is 3. The molecule has 1 aliphatic heterocycles. The van der Waals surface area contributed by atoms with Crippen LogP contribution in [0.3, 0.4) is 0 Å². The summed E-state index contributed by atoms with van der Waals surface area (Å²) in [5.41, 5.74) is 0.359. The van der Waals surface area contributed by atoms with Gasteiger partial charge in [0.1, 0.15) is 6.04 Å². The molecule has 0 aromatic heterocycles. The molecule has 1 saturated carbocycles. The Hall–Kier alpha value is -1.90. The van der Waals surface area contributed by atoms with E-state index in [1.807, 2.05) is 18.2 Å². The molecular weight excluding hydrogens is 302 g/mol. The summed E-state index contributed by atoms with van der Waals surface area (Å²) in [6.07, 6.45) is 3.62. The van der Waals surface area contributed by atoms with Crippen molar-refractivity contribution >= 4 is 5.91 Å². The smallest absolute Gasteiger partial charge is 0.225 e. The van der Waals surface area contributed by atoms with Crippen molar-refractivity contribution in [1.29, 1.82) is 5.26 Å². The first-order valence-electron chi connectivity index (χ1n) is 8.77. The average molecular weight is 327 g/mol. The second-order valence-electron chi connectivity index (χ2n) is 7.05. The first-order valence-corrected chi connectivity index (χ1v) is 8.77. The fourth-order valence-electron chi connectivity index (χ4n) is 3.78. The lowest BCUT2D eigenvalue weighted by Crippen LogP contribution is -2.54. The lowest BCUT2D eigenvalue weighted by atomic mass is 9.97. The molecule has 2 aliphatic rings. The molecule has 2 fully saturated rings. The number of rotatable bonds is 4. The van der Waals surface area contributed by atoms with E-state index in [9.17, 15) is 15.2 Å². The molecule has 1 aromatic rings. The molecule has 1 aliphatic carbocycles. The maximum atomic E-state index is 12.5. The Bertz CT molecular complexity index is 605. The van der Waals surface area contributed by atoms with Gasteiger partial charge in [-0.25, -0.2) is 0 Å². The number of carbonyl (C=O) groups excluding carboxylic acids is 1. The van der Waals surface area contributed by atoms with E-state index in [1.54, 1.807) is 4.90 Å². The van der Waals surface area contributed by atoms with E-state index in [2.05, 4.69) is 23.1 Å². The Balaban J connectivity index is 1.58. The number of amides is 1. The Labute approximate surface area is 143 Å². The molecule has 1 aromatic carbocycles. The summed E-state index contributed by atoms with van der Waals surface area (Å²) in [6.45, 7) is 2.47. The molecule has 0 spiro atoms. The zero-order valence-corrected chi connectivity index (χ0v) is 14.0. The van der Waals surface area contributed by atoms with Crippen molar-refractivity contribution in [1.82, 2.24) is 9.80 Å². The van der Waals surface area contributed by atoms with Crippen LogP contribution in [0.4, 0.5) is 0 Å². The average Bonchev–Trinajstić information content (AvgIpc) is 3.02. The second kappa shape index (κ2) is 7.33. The Morgan fingerprint density at radius 2 is 1.96 bits per heavy atom. The first kappa shape index (κ1) is 16.9. The number of benzene rings is 1. The molecule has 0 radical (unpaired) electrons. The third-order valence-electron chi connectivity index (χ3n) is 5.24. The van der Waals surface area contributed by atoms with Gasteiger partial charge < -0.3 is 10.0 Å². The minimum atomic E-state index is -0.819. The van der Waals surface area contributed by atoms with Gasteiger partial charge in [-0.15, -0.1) is 0 Å². The van der Waals surface area contributed by atoms with Gasteiger partial charge in [0, 0.05) is 26.2 Å². The quantitative estimate of drug-likeness (QED) is 0.917. The lowest BCUT2D eigenvalue weighted by molar-refractivity contribution is -0.138. The number of hydrogen-bond donors (Lipinski definition) is 1. The number of nitriles is 1. The second-order valence-corrected chi connectivity index (χ2v) is 7.05. The van der Waals surface area contributed by atoms with Crippen molar-refractivity contribution in [2.24, 2.45) is 0 Å². The summed E-state index contributed by atoms with van der Waals surface area (Å²) in [6, 6.07) is 12.1. The van der Waals surface area contributed by atoms with Gasteiger partial charge >= 0.3 is 0 Å². The zero-order chi connectivity index (χ0) is 17.0. The Morgan fingerprint density at radius 1 is 1.25 bits per heavy atom. The highest BCUT2D eigenvalue weighted by atomic mass is 16.3. The molecule has 1 saturated heterocycles. The van der Waals surface area contributed by atoms with E-state index in [0.717, 1.165) is 19.4 Å². The van der Waals surface area contributed by atoms with Gasteiger partial charge in [0.2, 0.25) is 5.91 Å². The standard InChI is InChI=1S/C19H25N3O2/c20-13-17-15-22(18(23)12-19(24)8-4-5-9-19)11-10-21(17)14-16-6-2-1-3-7-16/h1-3,6-7,17,24H,4-5,8-12,14-15H2. The van der Waals surface area contributed by atoms with Gasteiger partial charge in [-0.2, -0.15) is 5.26 Å². The van der Waals surface area contributed by atoms with Crippen molar-refractivity contribution in [3.8, 4) is 6.07 Å².